The lowest BCUT2D eigenvalue weighted by molar-refractivity contribution is -0.115. The number of thioether (sulfide) groups is 1. The fourth-order valence-corrected chi connectivity index (χ4v) is 4.80. The number of halogens is 2. The van der Waals surface area contributed by atoms with Crippen molar-refractivity contribution in [3.05, 3.63) is 89.8 Å². The molecule has 0 unspecified atom stereocenters. The third-order valence-electron chi connectivity index (χ3n) is 5.10. The molecule has 0 bridgehead atoms. The van der Waals surface area contributed by atoms with E-state index in [1.807, 2.05) is 74.5 Å². The zero-order chi connectivity index (χ0) is 24.2. The summed E-state index contributed by atoms with van der Waals surface area (Å²) in [6, 6.07) is 17.8. The number of hydrogen-bond acceptors (Lipinski definition) is 5. The molecule has 34 heavy (non-hydrogen) atoms. The molecule has 3 aromatic carbocycles. The molecule has 1 heterocycles. The van der Waals surface area contributed by atoms with E-state index >= 15 is 0 Å². The van der Waals surface area contributed by atoms with Gasteiger partial charge in [-0.3, -0.25) is 4.79 Å². The number of rotatable bonds is 6. The summed E-state index contributed by atoms with van der Waals surface area (Å²) in [6.07, 6.45) is 1.83. The predicted molar refractivity (Wildman–Crippen MR) is 151 cm³/mol. The van der Waals surface area contributed by atoms with Gasteiger partial charge >= 0.3 is 0 Å². The van der Waals surface area contributed by atoms with Crippen LogP contribution >= 0.6 is 50.3 Å². The Labute approximate surface area is 225 Å². The number of nitrogens with zero attached hydrogens (tertiary/aromatic N) is 1. The van der Waals surface area contributed by atoms with Crippen molar-refractivity contribution in [2.45, 2.75) is 20.5 Å². The molecule has 1 N–H and O–H groups in total. The van der Waals surface area contributed by atoms with Gasteiger partial charge in [-0.15, -0.1) is 0 Å². The summed E-state index contributed by atoms with van der Waals surface area (Å²) in [6.45, 7) is 4.49. The van der Waals surface area contributed by atoms with Gasteiger partial charge in [0.15, 0.2) is 16.7 Å². The van der Waals surface area contributed by atoms with Crippen LogP contribution in [-0.4, -0.2) is 18.2 Å². The second-order valence-electron chi connectivity index (χ2n) is 7.70. The van der Waals surface area contributed by atoms with E-state index in [4.69, 9.17) is 9.47 Å². The molecule has 0 aromatic heterocycles. The first-order chi connectivity index (χ1) is 16.3. The summed E-state index contributed by atoms with van der Waals surface area (Å²) in [5.74, 6) is 1.08. The quantitative estimate of drug-likeness (QED) is 0.228. The molecule has 0 radical (unpaired) electrons. The molecule has 1 fully saturated rings. The number of carbonyl (C=O) groups excluding carboxylic acids is 1. The average Bonchev–Trinajstić information content (AvgIpc) is 3.15. The molecular formula is C26H22BrIN2O3S. The number of amidine groups is 1. The summed E-state index contributed by atoms with van der Waals surface area (Å²) in [7, 11) is 1.61. The van der Waals surface area contributed by atoms with E-state index in [-0.39, 0.29) is 5.91 Å². The van der Waals surface area contributed by atoms with Crippen molar-refractivity contribution in [1.29, 1.82) is 0 Å². The van der Waals surface area contributed by atoms with E-state index < -0.39 is 0 Å². The minimum atomic E-state index is -0.174. The van der Waals surface area contributed by atoms with Gasteiger partial charge in [-0.25, -0.2) is 4.99 Å². The lowest BCUT2D eigenvalue weighted by atomic mass is 10.1. The maximum atomic E-state index is 12.5. The number of ether oxygens (including phenoxy) is 2. The minimum absolute atomic E-state index is 0.174. The van der Waals surface area contributed by atoms with E-state index in [2.05, 4.69) is 48.8 Å². The Balaban J connectivity index is 1.49. The molecule has 0 atom stereocenters. The van der Waals surface area contributed by atoms with Crippen molar-refractivity contribution in [1.82, 2.24) is 5.32 Å². The van der Waals surface area contributed by atoms with Crippen LogP contribution in [-0.2, 0) is 11.4 Å². The Kier molecular flexibility index (Phi) is 8.00. The number of amides is 1. The first-order valence-electron chi connectivity index (χ1n) is 10.4. The lowest BCUT2D eigenvalue weighted by Gasteiger charge is -2.11. The van der Waals surface area contributed by atoms with Gasteiger partial charge in [0.1, 0.15) is 6.61 Å². The summed E-state index contributed by atoms with van der Waals surface area (Å²) in [4.78, 5) is 17.7. The number of carbonyl (C=O) groups is 1. The van der Waals surface area contributed by atoms with Crippen LogP contribution in [0, 0.1) is 17.4 Å². The van der Waals surface area contributed by atoms with Crippen LogP contribution < -0.4 is 14.8 Å². The Bertz CT molecular complexity index is 1280. The van der Waals surface area contributed by atoms with E-state index in [1.165, 1.54) is 15.3 Å². The van der Waals surface area contributed by atoms with E-state index in [0.717, 1.165) is 32.4 Å². The van der Waals surface area contributed by atoms with E-state index in [9.17, 15) is 4.79 Å². The van der Waals surface area contributed by atoms with Crippen LogP contribution in [0.5, 0.6) is 11.5 Å². The Morgan fingerprint density at radius 1 is 1.06 bits per heavy atom. The first kappa shape index (κ1) is 24.8. The maximum absolute atomic E-state index is 12.5. The molecule has 1 saturated heterocycles. The second-order valence-corrected chi connectivity index (χ2v) is 10.8. The number of aryl methyl sites for hydroxylation is 2. The molecule has 1 aliphatic heterocycles. The van der Waals surface area contributed by atoms with Crippen LogP contribution in [0.25, 0.3) is 6.08 Å². The summed E-state index contributed by atoms with van der Waals surface area (Å²) in [5.41, 5.74) is 4.92. The van der Waals surface area contributed by atoms with Gasteiger partial charge in [0.05, 0.1) is 17.7 Å². The number of benzene rings is 3. The molecule has 8 heteroatoms. The lowest BCUT2D eigenvalue weighted by Crippen LogP contribution is -2.19. The highest BCUT2D eigenvalue weighted by Gasteiger charge is 2.24. The minimum Gasteiger partial charge on any atom is -0.493 e. The van der Waals surface area contributed by atoms with E-state index in [0.29, 0.717) is 28.2 Å². The number of methoxy groups -OCH3 is 1. The van der Waals surface area contributed by atoms with Gasteiger partial charge in [0.25, 0.3) is 5.91 Å². The summed E-state index contributed by atoms with van der Waals surface area (Å²) < 4.78 is 13.7. The highest BCUT2D eigenvalue weighted by atomic mass is 127. The molecular weight excluding hydrogens is 627 g/mol. The largest absolute Gasteiger partial charge is 0.493 e. The predicted octanol–water partition coefficient (Wildman–Crippen LogP) is 7.15. The van der Waals surface area contributed by atoms with Gasteiger partial charge in [0.2, 0.25) is 0 Å². The molecule has 0 aliphatic carbocycles. The van der Waals surface area contributed by atoms with Gasteiger partial charge in [-0.1, -0.05) is 34.1 Å². The van der Waals surface area contributed by atoms with Crippen molar-refractivity contribution < 1.29 is 14.3 Å². The zero-order valence-electron chi connectivity index (χ0n) is 18.8. The number of aliphatic imine (C=N–C) groups is 1. The van der Waals surface area contributed by atoms with Crippen molar-refractivity contribution >= 4 is 73.1 Å². The van der Waals surface area contributed by atoms with E-state index in [1.54, 1.807) is 7.11 Å². The van der Waals surface area contributed by atoms with Crippen LogP contribution in [0.1, 0.15) is 22.3 Å². The summed E-state index contributed by atoms with van der Waals surface area (Å²) >= 11 is 7.17. The molecule has 4 rings (SSSR count). The monoisotopic (exact) mass is 648 g/mol. The smallest absolute Gasteiger partial charge is 0.264 e. The van der Waals surface area contributed by atoms with Crippen LogP contribution in [0.4, 0.5) is 5.69 Å². The SMILES string of the molecule is COc1cc(/C=C2\SC(=Nc3cc(C)c(Br)c(C)c3)NC2=O)ccc1OCc1ccc(I)cc1. The fraction of sp³-hybridized carbons (Fsp3) is 0.154. The molecule has 174 valence electrons. The van der Waals surface area contributed by atoms with Crippen molar-refractivity contribution in [2.75, 3.05) is 7.11 Å². The molecule has 0 spiro atoms. The van der Waals surface area contributed by atoms with Gasteiger partial charge < -0.3 is 14.8 Å². The first-order valence-corrected chi connectivity index (χ1v) is 13.1. The Morgan fingerprint density at radius 3 is 2.44 bits per heavy atom. The van der Waals surface area contributed by atoms with Crippen molar-refractivity contribution in [3.63, 3.8) is 0 Å². The second kappa shape index (κ2) is 11.0. The molecule has 0 saturated carbocycles. The molecule has 5 nitrogen and oxygen atoms in total. The van der Waals surface area contributed by atoms with Gasteiger partial charge in [-0.05, 0) is 113 Å². The van der Waals surface area contributed by atoms with Crippen molar-refractivity contribution in [2.24, 2.45) is 4.99 Å². The standard InChI is InChI=1S/C26H22BrIN2O3S/c1-15-10-20(11-16(2)24(15)27)29-26-30-25(31)23(34-26)13-18-6-9-21(22(12-18)32-3)33-14-17-4-7-19(28)8-5-17/h4-13H,14H2,1-3H3,(H,29,30,31)/b23-13-. The summed E-state index contributed by atoms with van der Waals surface area (Å²) in [5, 5.41) is 3.40. The Hall–Kier alpha value is -2.30. The van der Waals surface area contributed by atoms with Crippen LogP contribution in [0.3, 0.4) is 0 Å². The third-order valence-corrected chi connectivity index (χ3v) is 7.98. The normalized spacial score (nSPS) is 15.6. The third kappa shape index (κ3) is 6.03. The zero-order valence-corrected chi connectivity index (χ0v) is 23.4. The fourth-order valence-electron chi connectivity index (χ4n) is 3.37. The van der Waals surface area contributed by atoms with Gasteiger partial charge in [-0.2, -0.15) is 0 Å². The van der Waals surface area contributed by atoms with Gasteiger partial charge in [0, 0.05) is 8.04 Å². The molecule has 1 amide bonds. The van der Waals surface area contributed by atoms with Crippen molar-refractivity contribution in [3.8, 4) is 11.5 Å². The van der Waals surface area contributed by atoms with Crippen LogP contribution in [0.2, 0.25) is 0 Å². The Morgan fingerprint density at radius 2 is 1.76 bits per heavy atom. The van der Waals surface area contributed by atoms with Crippen LogP contribution in [0.15, 0.2) is 69.0 Å². The number of hydrogen-bond donors (Lipinski definition) is 1. The highest BCUT2D eigenvalue weighted by Crippen LogP contribution is 2.33. The number of nitrogens with one attached hydrogen (secondary N) is 1. The highest BCUT2D eigenvalue weighted by molar-refractivity contribution is 14.1. The molecule has 3 aromatic rings. The molecule has 1 aliphatic rings. The topological polar surface area (TPSA) is 59.9 Å². The maximum Gasteiger partial charge on any atom is 0.264 e. The average molecular weight is 649 g/mol.